The number of para-hydroxylation sites is 1. The lowest BCUT2D eigenvalue weighted by atomic mass is 9.78. The van der Waals surface area contributed by atoms with E-state index in [0.717, 1.165) is 19.3 Å². The van der Waals surface area contributed by atoms with Crippen LogP contribution < -0.4 is 4.90 Å². The molecule has 0 saturated heterocycles. The van der Waals surface area contributed by atoms with Crippen LogP contribution >= 0.6 is 0 Å². The molecule has 0 fully saturated rings. The first-order chi connectivity index (χ1) is 22.5. The maximum absolute atomic E-state index is 2.48. The number of anilines is 3. The number of nitrogens with zero attached hydrogens (tertiary/aromatic N) is 1. The van der Waals surface area contributed by atoms with Crippen LogP contribution in [0.3, 0.4) is 0 Å². The molecule has 0 spiro atoms. The van der Waals surface area contributed by atoms with Crippen molar-refractivity contribution in [2.24, 2.45) is 0 Å². The Morgan fingerprint density at radius 1 is 0.783 bits per heavy atom. The summed E-state index contributed by atoms with van der Waals surface area (Å²) in [7, 11) is 0. The number of fused-ring (bicyclic) bond motifs is 5. The Balaban J connectivity index is 1.32. The van der Waals surface area contributed by atoms with E-state index in [2.05, 4.69) is 171 Å². The van der Waals surface area contributed by atoms with E-state index in [1.54, 1.807) is 0 Å². The Morgan fingerprint density at radius 2 is 1.52 bits per heavy atom. The smallest absolute Gasteiger partial charge is 0.0549 e. The van der Waals surface area contributed by atoms with Gasteiger partial charge in [-0.3, -0.25) is 0 Å². The molecule has 0 aliphatic heterocycles. The van der Waals surface area contributed by atoms with Gasteiger partial charge in [0.05, 0.1) is 5.69 Å². The van der Waals surface area contributed by atoms with E-state index in [-0.39, 0.29) is 5.41 Å². The zero-order valence-corrected chi connectivity index (χ0v) is 26.9. The predicted octanol–water partition coefficient (Wildman–Crippen LogP) is 12.3. The van der Waals surface area contributed by atoms with E-state index < -0.39 is 0 Å². The third-order valence-electron chi connectivity index (χ3n) is 10.1. The van der Waals surface area contributed by atoms with Crippen molar-refractivity contribution in [3.63, 3.8) is 0 Å². The third-order valence-corrected chi connectivity index (χ3v) is 10.1. The van der Waals surface area contributed by atoms with Crippen LogP contribution in [-0.4, -0.2) is 0 Å². The van der Waals surface area contributed by atoms with Crippen LogP contribution in [0, 0.1) is 0 Å². The predicted molar refractivity (Wildman–Crippen MR) is 198 cm³/mol. The largest absolute Gasteiger partial charge is 0.310 e. The molecular weight excluding hydrogens is 555 g/mol. The topological polar surface area (TPSA) is 3.24 Å². The van der Waals surface area contributed by atoms with Gasteiger partial charge in [-0.1, -0.05) is 130 Å². The van der Waals surface area contributed by atoms with Gasteiger partial charge in [-0.05, 0) is 111 Å². The van der Waals surface area contributed by atoms with E-state index in [1.165, 1.54) is 78.3 Å². The van der Waals surface area contributed by atoms with Crippen molar-refractivity contribution < 1.29 is 0 Å². The maximum Gasteiger partial charge on any atom is 0.0549 e. The molecule has 0 aromatic heterocycles. The molecule has 1 heteroatoms. The quantitative estimate of drug-likeness (QED) is 0.170. The molecule has 0 atom stereocenters. The Labute approximate surface area is 273 Å². The molecule has 0 amide bonds. The van der Waals surface area contributed by atoms with Crippen molar-refractivity contribution in [1.29, 1.82) is 0 Å². The van der Waals surface area contributed by atoms with Crippen LogP contribution in [0.2, 0.25) is 0 Å². The second-order valence-corrected chi connectivity index (χ2v) is 13.2. The van der Waals surface area contributed by atoms with E-state index in [0.29, 0.717) is 0 Å². The van der Waals surface area contributed by atoms with Crippen molar-refractivity contribution in [2.75, 3.05) is 4.90 Å². The molecule has 8 rings (SSSR count). The molecule has 3 aliphatic rings. The van der Waals surface area contributed by atoms with E-state index >= 15 is 0 Å². The van der Waals surface area contributed by atoms with Crippen LogP contribution in [0.15, 0.2) is 133 Å². The van der Waals surface area contributed by atoms with E-state index in [1.807, 2.05) is 0 Å². The number of allylic oxidation sites excluding steroid dienone is 6. The number of hydrogen-bond acceptors (Lipinski definition) is 1. The van der Waals surface area contributed by atoms with Crippen molar-refractivity contribution in [1.82, 2.24) is 0 Å². The van der Waals surface area contributed by atoms with Crippen molar-refractivity contribution in [3.8, 4) is 11.1 Å². The lowest BCUT2D eigenvalue weighted by Crippen LogP contribution is -2.19. The van der Waals surface area contributed by atoms with Crippen molar-refractivity contribution >= 4 is 40.4 Å². The van der Waals surface area contributed by atoms with Gasteiger partial charge in [0.25, 0.3) is 0 Å². The number of hydrogen-bond donors (Lipinski definition) is 0. The highest BCUT2D eigenvalue weighted by molar-refractivity contribution is 5.99. The summed E-state index contributed by atoms with van der Waals surface area (Å²) in [5.74, 6) is 0. The summed E-state index contributed by atoms with van der Waals surface area (Å²) in [6.07, 6.45) is 16.6. The summed E-state index contributed by atoms with van der Waals surface area (Å²) in [4.78, 5) is 2.48. The molecule has 1 nitrogen and oxygen atoms in total. The fourth-order valence-corrected chi connectivity index (χ4v) is 7.80. The molecule has 0 bridgehead atoms. The highest BCUT2D eigenvalue weighted by Crippen LogP contribution is 2.57. The molecular formula is C45H39N. The summed E-state index contributed by atoms with van der Waals surface area (Å²) >= 11 is 0. The van der Waals surface area contributed by atoms with Crippen molar-refractivity contribution in [2.45, 2.75) is 45.4 Å². The second kappa shape index (κ2) is 11.3. The Hall–Kier alpha value is -5.14. The Morgan fingerprint density at radius 3 is 2.24 bits per heavy atom. The fourth-order valence-electron chi connectivity index (χ4n) is 7.80. The monoisotopic (exact) mass is 593 g/mol. The molecule has 0 N–H and O–H groups in total. The van der Waals surface area contributed by atoms with Crippen LogP contribution in [0.4, 0.5) is 17.1 Å². The SMILES string of the molecule is CC/C(=C\c1ccccc1)c1ccc(N(c2ccccc2)c2cc3c(c4c2-c2cc(C5=CC=CC5)ccc2C4(C)C)CC=C3)cc1. The zero-order chi connectivity index (χ0) is 31.3. The molecule has 0 unspecified atom stereocenters. The summed E-state index contributed by atoms with van der Waals surface area (Å²) < 4.78 is 0. The molecule has 0 radical (unpaired) electrons. The summed E-state index contributed by atoms with van der Waals surface area (Å²) in [6.45, 7) is 7.08. The molecule has 3 aliphatic carbocycles. The first kappa shape index (κ1) is 28.3. The van der Waals surface area contributed by atoms with Crippen LogP contribution in [0.1, 0.15) is 72.6 Å². The van der Waals surface area contributed by atoms with Crippen LogP contribution in [0.5, 0.6) is 0 Å². The lowest BCUT2D eigenvalue weighted by Gasteiger charge is -2.31. The zero-order valence-electron chi connectivity index (χ0n) is 26.9. The standard InChI is InChI=1S/C45H39N/c1-4-32(28-31-14-7-5-8-15-31)34-22-25-38(26-23-34)46(37-19-9-6-10-20-37)42-30-36-18-13-21-39(36)44-43(42)40-29-35(33-16-11-12-17-33)24-27-41(40)45(44,2)3/h5-16,18-20,22-30H,4,17,21H2,1-3H3/b32-28+. The molecule has 224 valence electrons. The average molecular weight is 594 g/mol. The van der Waals surface area contributed by atoms with Gasteiger partial charge in [0.2, 0.25) is 0 Å². The van der Waals surface area contributed by atoms with Crippen LogP contribution in [-0.2, 0) is 11.8 Å². The van der Waals surface area contributed by atoms with Gasteiger partial charge in [0.15, 0.2) is 0 Å². The highest BCUT2D eigenvalue weighted by atomic mass is 15.1. The van der Waals surface area contributed by atoms with E-state index in [9.17, 15) is 0 Å². The van der Waals surface area contributed by atoms with Gasteiger partial charge < -0.3 is 4.90 Å². The Bertz CT molecular complexity index is 2070. The first-order valence-electron chi connectivity index (χ1n) is 16.6. The fraction of sp³-hybridized carbons (Fsp3) is 0.156. The minimum absolute atomic E-state index is 0.0951. The number of benzene rings is 5. The molecule has 0 saturated carbocycles. The highest BCUT2D eigenvalue weighted by Gasteiger charge is 2.41. The number of rotatable bonds is 7. The first-order valence-corrected chi connectivity index (χ1v) is 16.6. The van der Waals surface area contributed by atoms with Gasteiger partial charge in [-0.15, -0.1) is 0 Å². The molecule has 0 heterocycles. The van der Waals surface area contributed by atoms with Gasteiger partial charge in [0, 0.05) is 22.4 Å². The average Bonchev–Trinajstić information content (AvgIpc) is 3.85. The van der Waals surface area contributed by atoms with Crippen LogP contribution in [0.25, 0.3) is 34.4 Å². The minimum Gasteiger partial charge on any atom is -0.310 e. The Kier molecular flexibility index (Phi) is 6.99. The molecule has 46 heavy (non-hydrogen) atoms. The summed E-state index contributed by atoms with van der Waals surface area (Å²) in [6, 6.07) is 40.4. The van der Waals surface area contributed by atoms with Gasteiger partial charge in [0.1, 0.15) is 0 Å². The van der Waals surface area contributed by atoms with E-state index in [4.69, 9.17) is 0 Å². The maximum atomic E-state index is 2.48. The lowest BCUT2D eigenvalue weighted by molar-refractivity contribution is 0.654. The van der Waals surface area contributed by atoms with Gasteiger partial charge >= 0.3 is 0 Å². The van der Waals surface area contributed by atoms with Gasteiger partial charge in [-0.2, -0.15) is 0 Å². The second-order valence-electron chi connectivity index (χ2n) is 13.2. The van der Waals surface area contributed by atoms with Gasteiger partial charge in [-0.25, -0.2) is 0 Å². The molecule has 5 aromatic rings. The summed E-state index contributed by atoms with van der Waals surface area (Å²) in [5, 5.41) is 0. The summed E-state index contributed by atoms with van der Waals surface area (Å²) in [5.41, 5.74) is 18.5. The third kappa shape index (κ3) is 4.70. The normalized spacial score (nSPS) is 15.5. The minimum atomic E-state index is -0.0951. The van der Waals surface area contributed by atoms with Crippen molar-refractivity contribution in [3.05, 3.63) is 172 Å². The molecule has 5 aromatic carbocycles.